The molecule has 0 radical (unpaired) electrons. The predicted octanol–water partition coefficient (Wildman–Crippen LogP) is 0.731. The first-order valence-electron chi connectivity index (χ1n) is 8.15. The van der Waals surface area contributed by atoms with E-state index >= 15 is 0 Å². The highest BCUT2D eigenvalue weighted by atomic mass is 35.5. The Labute approximate surface area is 133 Å². The minimum atomic E-state index is 0. The summed E-state index contributed by atoms with van der Waals surface area (Å²) in [6, 6.07) is 0.103. The van der Waals surface area contributed by atoms with Gasteiger partial charge in [0.25, 0.3) is 0 Å². The summed E-state index contributed by atoms with van der Waals surface area (Å²) in [5.41, 5.74) is 0. The van der Waals surface area contributed by atoms with Crippen molar-refractivity contribution < 1.29 is 9.53 Å². The van der Waals surface area contributed by atoms with Crippen LogP contribution in [-0.4, -0.2) is 74.2 Å². The Balaban J connectivity index is 0.00000161. The van der Waals surface area contributed by atoms with Gasteiger partial charge < -0.3 is 15.0 Å². The van der Waals surface area contributed by atoms with Crippen LogP contribution in [0.5, 0.6) is 0 Å². The van der Waals surface area contributed by atoms with Crippen LogP contribution in [0.15, 0.2) is 0 Å². The van der Waals surface area contributed by atoms with Gasteiger partial charge in [0.2, 0.25) is 5.91 Å². The lowest BCUT2D eigenvalue weighted by molar-refractivity contribution is -0.134. The lowest BCUT2D eigenvalue weighted by atomic mass is 9.95. The van der Waals surface area contributed by atoms with Gasteiger partial charge in [-0.25, -0.2) is 0 Å². The van der Waals surface area contributed by atoms with Crippen molar-refractivity contribution >= 4 is 18.3 Å². The monoisotopic (exact) mass is 317 g/mol. The zero-order valence-electron chi connectivity index (χ0n) is 12.8. The molecule has 3 aliphatic rings. The van der Waals surface area contributed by atoms with Crippen molar-refractivity contribution in [2.45, 2.75) is 31.7 Å². The van der Waals surface area contributed by atoms with Crippen LogP contribution in [0.3, 0.4) is 0 Å². The predicted molar refractivity (Wildman–Crippen MR) is 84.8 cm³/mol. The van der Waals surface area contributed by atoms with Gasteiger partial charge in [0, 0.05) is 32.7 Å². The minimum absolute atomic E-state index is 0. The fourth-order valence-electron chi connectivity index (χ4n) is 3.60. The van der Waals surface area contributed by atoms with E-state index in [2.05, 4.69) is 15.1 Å². The van der Waals surface area contributed by atoms with Gasteiger partial charge in [0.15, 0.2) is 0 Å². The molecule has 0 bridgehead atoms. The molecule has 1 unspecified atom stereocenters. The molecule has 0 aromatic rings. The van der Waals surface area contributed by atoms with E-state index in [0.29, 0.717) is 5.91 Å². The molecule has 6 heteroatoms. The Bertz CT molecular complexity index is 323. The number of rotatable bonds is 3. The van der Waals surface area contributed by atoms with Gasteiger partial charge in [-0.1, -0.05) is 0 Å². The lowest BCUT2D eigenvalue weighted by Crippen LogP contribution is -2.48. The number of hydrogen-bond acceptors (Lipinski definition) is 4. The molecule has 21 heavy (non-hydrogen) atoms. The summed E-state index contributed by atoms with van der Waals surface area (Å²) < 4.78 is 5.39. The number of likely N-dealkylation sites (tertiary alicyclic amines) is 1. The van der Waals surface area contributed by atoms with Crippen LogP contribution in [0, 0.1) is 5.92 Å². The standard InChI is InChI=1S/C15H27N3O2.ClH/c19-15(14-2-1-5-16-14)18-6-3-13(4-7-18)12-17-8-10-20-11-9-17;/h13-14,16H,1-12H2;1H. The van der Waals surface area contributed by atoms with E-state index in [1.165, 1.54) is 6.54 Å². The summed E-state index contributed by atoms with van der Waals surface area (Å²) in [7, 11) is 0. The van der Waals surface area contributed by atoms with Crippen molar-refractivity contribution in [2.75, 3.05) is 52.5 Å². The van der Waals surface area contributed by atoms with Gasteiger partial charge in [-0.3, -0.25) is 9.69 Å². The van der Waals surface area contributed by atoms with Crippen LogP contribution in [-0.2, 0) is 9.53 Å². The topological polar surface area (TPSA) is 44.8 Å². The Morgan fingerprint density at radius 3 is 2.43 bits per heavy atom. The number of halogens is 1. The van der Waals surface area contributed by atoms with Gasteiger partial charge in [-0.15, -0.1) is 12.4 Å². The maximum absolute atomic E-state index is 12.3. The molecule has 3 fully saturated rings. The van der Waals surface area contributed by atoms with Crippen molar-refractivity contribution in [3.63, 3.8) is 0 Å². The summed E-state index contributed by atoms with van der Waals surface area (Å²) in [5, 5.41) is 3.32. The Morgan fingerprint density at radius 1 is 1.10 bits per heavy atom. The second-order valence-electron chi connectivity index (χ2n) is 6.33. The third-order valence-electron chi connectivity index (χ3n) is 4.90. The average molecular weight is 318 g/mol. The molecular weight excluding hydrogens is 290 g/mol. The number of ether oxygens (including phenoxy) is 1. The maximum atomic E-state index is 12.3. The van der Waals surface area contributed by atoms with Crippen LogP contribution in [0.2, 0.25) is 0 Å². The molecule has 122 valence electrons. The van der Waals surface area contributed by atoms with Gasteiger partial charge in [-0.05, 0) is 38.1 Å². The number of amides is 1. The summed E-state index contributed by atoms with van der Waals surface area (Å²) >= 11 is 0. The molecule has 3 heterocycles. The highest BCUT2D eigenvalue weighted by molar-refractivity contribution is 5.85. The van der Waals surface area contributed by atoms with E-state index in [0.717, 1.165) is 77.5 Å². The number of nitrogens with zero attached hydrogens (tertiary/aromatic N) is 2. The van der Waals surface area contributed by atoms with E-state index in [9.17, 15) is 4.79 Å². The Hall–Kier alpha value is -0.360. The fraction of sp³-hybridized carbons (Fsp3) is 0.933. The van der Waals surface area contributed by atoms with Crippen molar-refractivity contribution in [3.8, 4) is 0 Å². The van der Waals surface area contributed by atoms with E-state index in [1.54, 1.807) is 0 Å². The number of hydrogen-bond donors (Lipinski definition) is 1. The van der Waals surface area contributed by atoms with Gasteiger partial charge >= 0.3 is 0 Å². The first-order valence-corrected chi connectivity index (χ1v) is 8.15. The second kappa shape index (κ2) is 8.32. The average Bonchev–Trinajstić information content (AvgIpc) is 3.03. The second-order valence-corrected chi connectivity index (χ2v) is 6.33. The Kier molecular flexibility index (Phi) is 6.74. The van der Waals surface area contributed by atoms with E-state index < -0.39 is 0 Å². The molecule has 0 aromatic carbocycles. The quantitative estimate of drug-likeness (QED) is 0.833. The van der Waals surface area contributed by atoms with Gasteiger partial charge in [0.05, 0.1) is 19.3 Å². The first kappa shape index (κ1) is 17.0. The summed E-state index contributed by atoms with van der Waals surface area (Å²) in [6.07, 6.45) is 4.49. The van der Waals surface area contributed by atoms with Crippen molar-refractivity contribution in [1.82, 2.24) is 15.1 Å². The summed E-state index contributed by atoms with van der Waals surface area (Å²) in [5.74, 6) is 1.10. The molecule has 3 saturated heterocycles. The first-order chi connectivity index (χ1) is 9.83. The molecular formula is C15H28ClN3O2. The molecule has 1 N–H and O–H groups in total. The molecule has 3 rings (SSSR count). The molecule has 0 aromatic heterocycles. The van der Waals surface area contributed by atoms with Crippen LogP contribution in [0.4, 0.5) is 0 Å². The number of nitrogens with one attached hydrogen (secondary N) is 1. The fourth-order valence-corrected chi connectivity index (χ4v) is 3.60. The molecule has 1 atom stereocenters. The van der Waals surface area contributed by atoms with E-state index in [4.69, 9.17) is 4.74 Å². The zero-order valence-corrected chi connectivity index (χ0v) is 13.6. The van der Waals surface area contributed by atoms with Crippen LogP contribution in [0.25, 0.3) is 0 Å². The van der Waals surface area contributed by atoms with Crippen LogP contribution in [0.1, 0.15) is 25.7 Å². The minimum Gasteiger partial charge on any atom is -0.379 e. The largest absolute Gasteiger partial charge is 0.379 e. The number of morpholine rings is 1. The number of piperidine rings is 1. The molecule has 0 spiro atoms. The Morgan fingerprint density at radius 2 is 1.81 bits per heavy atom. The van der Waals surface area contributed by atoms with Crippen LogP contribution < -0.4 is 5.32 Å². The van der Waals surface area contributed by atoms with E-state index in [-0.39, 0.29) is 18.4 Å². The molecule has 0 aliphatic carbocycles. The zero-order chi connectivity index (χ0) is 13.8. The maximum Gasteiger partial charge on any atom is 0.239 e. The van der Waals surface area contributed by atoms with Crippen molar-refractivity contribution in [1.29, 1.82) is 0 Å². The summed E-state index contributed by atoms with van der Waals surface area (Å²) in [6.45, 7) is 8.00. The number of carbonyl (C=O) groups is 1. The third kappa shape index (κ3) is 4.55. The highest BCUT2D eigenvalue weighted by Crippen LogP contribution is 2.20. The summed E-state index contributed by atoms with van der Waals surface area (Å²) in [4.78, 5) is 16.9. The van der Waals surface area contributed by atoms with Gasteiger partial charge in [-0.2, -0.15) is 0 Å². The van der Waals surface area contributed by atoms with E-state index in [1.807, 2.05) is 0 Å². The molecule has 5 nitrogen and oxygen atoms in total. The van der Waals surface area contributed by atoms with Gasteiger partial charge in [0.1, 0.15) is 0 Å². The molecule has 0 saturated carbocycles. The van der Waals surface area contributed by atoms with Crippen molar-refractivity contribution in [3.05, 3.63) is 0 Å². The highest BCUT2D eigenvalue weighted by Gasteiger charge is 2.30. The smallest absolute Gasteiger partial charge is 0.239 e. The number of carbonyl (C=O) groups excluding carboxylic acids is 1. The molecule has 3 aliphatic heterocycles. The lowest BCUT2D eigenvalue weighted by Gasteiger charge is -2.36. The molecule has 1 amide bonds. The van der Waals surface area contributed by atoms with Crippen LogP contribution >= 0.6 is 12.4 Å². The third-order valence-corrected chi connectivity index (χ3v) is 4.90. The normalized spacial score (nSPS) is 28.4. The van der Waals surface area contributed by atoms with Crippen molar-refractivity contribution in [2.24, 2.45) is 5.92 Å². The SMILES string of the molecule is Cl.O=C(C1CCCN1)N1CCC(CN2CCOCC2)CC1.